The van der Waals surface area contributed by atoms with E-state index in [-0.39, 0.29) is 33.4 Å². The Balaban J connectivity index is 2.04. The monoisotopic (exact) mass is 419 g/mol. The van der Waals surface area contributed by atoms with E-state index in [0.29, 0.717) is 5.01 Å². The van der Waals surface area contributed by atoms with Crippen LogP contribution in [0.3, 0.4) is 0 Å². The number of rotatable bonds is 4. The van der Waals surface area contributed by atoms with Gasteiger partial charge < -0.3 is 0 Å². The Labute approximate surface area is 167 Å². The van der Waals surface area contributed by atoms with E-state index in [2.05, 4.69) is 15.4 Å². The lowest BCUT2D eigenvalue weighted by Gasteiger charge is -2.18. The molecule has 2 heterocycles. The highest BCUT2D eigenvalue weighted by Crippen LogP contribution is 2.32. The molecule has 1 aromatic carbocycles. The first kappa shape index (κ1) is 20.3. The number of hydrazine groups is 1. The molecular weight excluding hydrogens is 407 g/mol. The molecule has 0 saturated carbocycles. The molecule has 0 fully saturated rings. The smallest absolute Gasteiger partial charge is 0.270 e. The highest BCUT2D eigenvalue weighted by molar-refractivity contribution is 7.98. The molecule has 1 aromatic heterocycles. The molecule has 3 rings (SSSR count). The predicted molar refractivity (Wildman–Crippen MR) is 98.2 cm³/mol. The molecule has 0 unspecified atom stereocenters. The Morgan fingerprint density at radius 2 is 1.83 bits per heavy atom. The van der Waals surface area contributed by atoms with Gasteiger partial charge in [0.1, 0.15) is 16.7 Å². The van der Waals surface area contributed by atoms with Gasteiger partial charge in [-0.15, -0.1) is 11.8 Å². The number of carbonyl (C=O) groups excluding carboxylic acids is 2. The van der Waals surface area contributed by atoms with Gasteiger partial charge in [0.2, 0.25) is 0 Å². The van der Waals surface area contributed by atoms with Gasteiger partial charge in [0, 0.05) is 17.2 Å². The fraction of sp³-hybridized carbons (Fsp3) is 0.167. The first-order valence-corrected chi connectivity index (χ1v) is 9.25. The number of imide groups is 1. The summed E-state index contributed by atoms with van der Waals surface area (Å²) in [5, 5.41) is 10.4. The zero-order valence-corrected chi connectivity index (χ0v) is 15.9. The van der Waals surface area contributed by atoms with Gasteiger partial charge in [0.05, 0.1) is 5.56 Å². The maximum absolute atomic E-state index is 12.8. The van der Waals surface area contributed by atoms with Gasteiger partial charge in [-0.3, -0.25) is 15.0 Å². The number of hydrogen-bond acceptors (Lipinski definition) is 7. The molecule has 7 nitrogen and oxygen atoms in total. The minimum absolute atomic E-state index is 0.00156. The minimum Gasteiger partial charge on any atom is -0.270 e. The number of carbonyl (C=O) groups is 2. The molecule has 0 saturated heterocycles. The van der Waals surface area contributed by atoms with Crippen LogP contribution in [0.5, 0.6) is 0 Å². The van der Waals surface area contributed by atoms with Crippen molar-refractivity contribution in [1.82, 2.24) is 15.0 Å². The second-order valence-electron chi connectivity index (χ2n) is 5.88. The van der Waals surface area contributed by atoms with Gasteiger partial charge in [0.25, 0.3) is 11.8 Å². The quantitative estimate of drug-likeness (QED) is 0.461. The van der Waals surface area contributed by atoms with E-state index in [9.17, 15) is 28.0 Å². The number of nitriles is 1. The molecular formula is C18H12F3N5O2S. The average molecular weight is 419 g/mol. The van der Waals surface area contributed by atoms with Gasteiger partial charge >= 0.3 is 6.18 Å². The van der Waals surface area contributed by atoms with Crippen molar-refractivity contribution >= 4 is 29.4 Å². The van der Waals surface area contributed by atoms with E-state index in [4.69, 9.17) is 0 Å². The van der Waals surface area contributed by atoms with Gasteiger partial charge in [-0.25, -0.2) is 9.97 Å². The van der Waals surface area contributed by atoms with E-state index >= 15 is 0 Å². The van der Waals surface area contributed by atoms with Gasteiger partial charge in [-0.2, -0.15) is 23.4 Å². The number of halogens is 3. The first-order chi connectivity index (χ1) is 13.7. The summed E-state index contributed by atoms with van der Waals surface area (Å²) in [7, 11) is 0. The lowest BCUT2D eigenvalue weighted by atomic mass is 10.1. The Hall–Kier alpha value is -3.39. The Kier molecular flexibility index (Phi) is 5.30. The molecule has 0 bridgehead atoms. The van der Waals surface area contributed by atoms with Crippen molar-refractivity contribution in [2.45, 2.75) is 18.1 Å². The summed E-state index contributed by atoms with van der Waals surface area (Å²) in [5.41, 5.74) is 2.18. The summed E-state index contributed by atoms with van der Waals surface area (Å²) >= 11 is 1.12. The molecule has 1 N–H and O–H groups in total. The van der Waals surface area contributed by atoms with Crippen LogP contribution in [0.2, 0.25) is 0 Å². The molecule has 1 aliphatic rings. The van der Waals surface area contributed by atoms with Gasteiger partial charge in [0.15, 0.2) is 11.6 Å². The van der Waals surface area contributed by atoms with Gasteiger partial charge in [-0.1, -0.05) is 12.1 Å². The van der Waals surface area contributed by atoms with E-state index < -0.39 is 23.6 Å². The predicted octanol–water partition coefficient (Wildman–Crippen LogP) is 3.40. The summed E-state index contributed by atoms with van der Waals surface area (Å²) in [5.74, 6) is -1.30. The van der Waals surface area contributed by atoms with Crippen molar-refractivity contribution in [3.05, 3.63) is 47.0 Å². The van der Waals surface area contributed by atoms with E-state index in [1.165, 1.54) is 19.1 Å². The highest BCUT2D eigenvalue weighted by atomic mass is 32.2. The fourth-order valence-corrected chi connectivity index (χ4v) is 3.03. The lowest BCUT2D eigenvalue weighted by Crippen LogP contribution is -2.37. The largest absolute Gasteiger partial charge is 0.416 e. The van der Waals surface area contributed by atoms with Gasteiger partial charge in [-0.05, 0) is 25.3 Å². The van der Waals surface area contributed by atoms with Crippen molar-refractivity contribution in [3.63, 3.8) is 0 Å². The zero-order chi connectivity index (χ0) is 21.3. The van der Waals surface area contributed by atoms with Crippen LogP contribution in [0.4, 0.5) is 19.0 Å². The molecule has 0 radical (unpaired) electrons. The number of amides is 2. The topological polar surface area (TPSA) is 99.0 Å². The number of nitrogens with zero attached hydrogens (tertiary/aromatic N) is 4. The summed E-state index contributed by atoms with van der Waals surface area (Å²) < 4.78 is 38.3. The molecule has 0 aliphatic carbocycles. The maximum atomic E-state index is 12.8. The Morgan fingerprint density at radius 1 is 1.17 bits per heavy atom. The standard InChI is InChI=1S/C18H12F3N5O2S/c1-9-7-13(27)26(17(9)28)25-15-12(8-22)16(29-2)24-14(23-15)10-3-5-11(6-4-10)18(19,20)21/h3-7H,1-2H3,(H,23,24,25). The van der Waals surface area contributed by atoms with Crippen LogP contribution < -0.4 is 5.43 Å². The first-order valence-electron chi connectivity index (χ1n) is 8.03. The molecule has 0 atom stereocenters. The lowest BCUT2D eigenvalue weighted by molar-refractivity contribution is -0.138. The number of benzene rings is 1. The number of alkyl halides is 3. The Morgan fingerprint density at radius 3 is 2.31 bits per heavy atom. The SMILES string of the molecule is CSc1nc(-c2ccc(C(F)(F)F)cc2)nc(NN2C(=O)C=C(C)C2=O)c1C#N. The normalized spacial score (nSPS) is 14.1. The zero-order valence-electron chi connectivity index (χ0n) is 15.0. The minimum atomic E-state index is -4.48. The van der Waals surface area contributed by atoms with Crippen molar-refractivity contribution in [1.29, 1.82) is 5.26 Å². The van der Waals surface area contributed by atoms with Crippen LogP contribution in [0.25, 0.3) is 11.4 Å². The van der Waals surface area contributed by atoms with Crippen LogP contribution in [-0.2, 0) is 15.8 Å². The third-order valence-electron chi connectivity index (χ3n) is 3.97. The van der Waals surface area contributed by atoms with Crippen molar-refractivity contribution in [2.24, 2.45) is 0 Å². The number of anilines is 1. The summed E-state index contributed by atoms with van der Waals surface area (Å²) in [6, 6.07) is 6.11. The van der Waals surface area contributed by atoms with Crippen LogP contribution >= 0.6 is 11.8 Å². The second kappa shape index (κ2) is 7.56. The van der Waals surface area contributed by atoms with Crippen molar-refractivity contribution in [2.75, 3.05) is 11.7 Å². The van der Waals surface area contributed by atoms with Crippen molar-refractivity contribution < 1.29 is 22.8 Å². The Bertz CT molecular complexity index is 1070. The summed E-state index contributed by atoms with van der Waals surface area (Å²) in [4.78, 5) is 32.4. The third-order valence-corrected chi connectivity index (χ3v) is 4.65. The molecule has 29 heavy (non-hydrogen) atoms. The van der Waals surface area contributed by atoms with Crippen LogP contribution in [0, 0.1) is 11.3 Å². The average Bonchev–Trinajstić information content (AvgIpc) is 2.92. The van der Waals surface area contributed by atoms with Crippen LogP contribution in [-0.4, -0.2) is 33.0 Å². The number of thioether (sulfide) groups is 1. The van der Waals surface area contributed by atoms with E-state index in [1.54, 1.807) is 6.26 Å². The summed E-state index contributed by atoms with van der Waals surface area (Å²) in [6.45, 7) is 1.47. The number of hydrogen-bond donors (Lipinski definition) is 1. The molecule has 0 spiro atoms. The van der Waals surface area contributed by atoms with Crippen LogP contribution in [0.1, 0.15) is 18.1 Å². The van der Waals surface area contributed by atoms with Crippen LogP contribution in [0.15, 0.2) is 40.9 Å². The highest BCUT2D eigenvalue weighted by Gasteiger charge is 2.31. The molecule has 11 heteroatoms. The molecule has 1 aliphatic heterocycles. The fourth-order valence-electron chi connectivity index (χ4n) is 2.51. The molecule has 148 valence electrons. The molecule has 2 amide bonds. The second-order valence-corrected chi connectivity index (χ2v) is 6.68. The van der Waals surface area contributed by atoms with E-state index in [0.717, 1.165) is 30.0 Å². The van der Waals surface area contributed by atoms with Crippen molar-refractivity contribution in [3.8, 4) is 17.5 Å². The summed E-state index contributed by atoms with van der Waals surface area (Å²) in [6.07, 6.45) is -1.70. The van der Waals surface area contributed by atoms with E-state index in [1.807, 2.05) is 6.07 Å². The third kappa shape index (κ3) is 3.93. The maximum Gasteiger partial charge on any atom is 0.416 e. The number of aromatic nitrogens is 2. The molecule has 2 aromatic rings. The number of nitrogens with one attached hydrogen (secondary N) is 1.